The maximum atomic E-state index is 6.36. The van der Waals surface area contributed by atoms with E-state index in [1.54, 1.807) is 7.62 Å². The summed E-state index contributed by atoms with van der Waals surface area (Å²) in [6, 6.07) is 31.1. The standard InChI is InChI=1S/C22H21BNO2/c1-4-10-17(11-5-1)21-20(26-23-24-21)16-25-22(18-12-6-2-7-13-18)19-14-8-3-9-15-19/h1-15,20-22,24H,16H2/t20-,21+/m0/s1. The highest BCUT2D eigenvalue weighted by Gasteiger charge is 2.31. The fourth-order valence-corrected chi connectivity index (χ4v) is 3.32. The molecule has 1 radical (unpaired) electrons. The summed E-state index contributed by atoms with van der Waals surface area (Å²) in [6.45, 7) is 0.498. The lowest BCUT2D eigenvalue weighted by Crippen LogP contribution is -2.27. The van der Waals surface area contributed by atoms with E-state index < -0.39 is 0 Å². The summed E-state index contributed by atoms with van der Waals surface area (Å²) < 4.78 is 12.1. The maximum absolute atomic E-state index is 6.36. The largest absolute Gasteiger partial charge is 0.417 e. The summed E-state index contributed by atoms with van der Waals surface area (Å²) in [5.41, 5.74) is 3.49. The first-order chi connectivity index (χ1) is 12.9. The zero-order valence-corrected chi connectivity index (χ0v) is 14.5. The summed E-state index contributed by atoms with van der Waals surface area (Å²) >= 11 is 0. The molecule has 2 atom stereocenters. The molecular formula is C22H21BNO2. The van der Waals surface area contributed by atoms with Crippen molar-refractivity contribution in [3.05, 3.63) is 108 Å². The summed E-state index contributed by atoms with van der Waals surface area (Å²) in [7, 11) is 1.67. The van der Waals surface area contributed by atoms with Crippen molar-refractivity contribution >= 4 is 7.62 Å². The molecular weight excluding hydrogens is 321 g/mol. The SMILES string of the molecule is [B]1N[C@H](c2ccccc2)[C@H](COC(c2ccccc2)c2ccccc2)O1. The Kier molecular flexibility index (Phi) is 5.46. The van der Waals surface area contributed by atoms with Crippen LogP contribution in [0.3, 0.4) is 0 Å². The third-order valence-electron chi connectivity index (χ3n) is 4.65. The molecule has 0 aliphatic carbocycles. The summed E-state index contributed by atoms with van der Waals surface area (Å²) in [6.07, 6.45) is -0.176. The molecule has 1 fully saturated rings. The fourth-order valence-electron chi connectivity index (χ4n) is 3.32. The minimum Gasteiger partial charge on any atom is -0.417 e. The van der Waals surface area contributed by atoms with E-state index in [1.165, 1.54) is 5.56 Å². The third kappa shape index (κ3) is 3.88. The first kappa shape index (κ1) is 17.0. The topological polar surface area (TPSA) is 30.5 Å². The van der Waals surface area contributed by atoms with Gasteiger partial charge >= 0.3 is 7.62 Å². The van der Waals surface area contributed by atoms with Gasteiger partial charge in [0.05, 0.1) is 18.8 Å². The van der Waals surface area contributed by atoms with Gasteiger partial charge in [-0.2, -0.15) is 0 Å². The highest BCUT2D eigenvalue weighted by molar-refractivity contribution is 6.24. The Bertz CT molecular complexity index is 759. The monoisotopic (exact) mass is 342 g/mol. The molecule has 1 N–H and O–H groups in total. The van der Waals surface area contributed by atoms with Crippen molar-refractivity contribution in [2.45, 2.75) is 18.2 Å². The first-order valence-corrected chi connectivity index (χ1v) is 8.91. The average Bonchev–Trinajstić information content (AvgIpc) is 3.19. The van der Waals surface area contributed by atoms with Crippen LogP contribution < -0.4 is 5.23 Å². The minimum absolute atomic E-state index is 0.0627. The highest BCUT2D eigenvalue weighted by Crippen LogP contribution is 2.29. The van der Waals surface area contributed by atoms with Crippen LogP contribution in [0.2, 0.25) is 0 Å². The van der Waals surface area contributed by atoms with E-state index in [-0.39, 0.29) is 18.2 Å². The Labute approximate surface area is 155 Å². The van der Waals surface area contributed by atoms with Crippen LogP contribution in [0.15, 0.2) is 91.0 Å². The van der Waals surface area contributed by atoms with Crippen LogP contribution in [0, 0.1) is 0 Å². The molecule has 0 unspecified atom stereocenters. The molecule has 0 amide bonds. The van der Waals surface area contributed by atoms with Crippen LogP contribution >= 0.6 is 0 Å². The fraction of sp³-hybridized carbons (Fsp3) is 0.182. The second-order valence-electron chi connectivity index (χ2n) is 6.38. The molecule has 4 rings (SSSR count). The van der Waals surface area contributed by atoms with Crippen LogP contribution in [-0.2, 0) is 9.39 Å². The van der Waals surface area contributed by atoms with Crippen LogP contribution in [0.1, 0.15) is 28.8 Å². The van der Waals surface area contributed by atoms with Crippen molar-refractivity contribution in [2.75, 3.05) is 6.61 Å². The quantitative estimate of drug-likeness (QED) is 0.686. The third-order valence-corrected chi connectivity index (χ3v) is 4.65. The van der Waals surface area contributed by atoms with Gasteiger partial charge in [0.1, 0.15) is 6.10 Å². The van der Waals surface area contributed by atoms with Gasteiger partial charge in [0.15, 0.2) is 0 Å². The summed E-state index contributed by atoms with van der Waals surface area (Å²) in [5.74, 6) is 0. The van der Waals surface area contributed by atoms with Gasteiger partial charge in [-0.15, -0.1) is 0 Å². The van der Waals surface area contributed by atoms with E-state index in [4.69, 9.17) is 9.39 Å². The Morgan fingerprint density at radius 3 is 1.92 bits per heavy atom. The Morgan fingerprint density at radius 2 is 1.35 bits per heavy atom. The van der Waals surface area contributed by atoms with E-state index in [0.29, 0.717) is 6.61 Å². The van der Waals surface area contributed by atoms with Crippen LogP contribution in [-0.4, -0.2) is 20.3 Å². The Hall–Kier alpha value is -2.40. The smallest absolute Gasteiger partial charge is 0.396 e. The molecule has 3 aromatic carbocycles. The summed E-state index contributed by atoms with van der Waals surface area (Å²) in [4.78, 5) is 0. The molecule has 3 aromatic rings. The van der Waals surface area contributed by atoms with E-state index in [2.05, 4.69) is 41.6 Å². The normalized spacial score (nSPS) is 19.4. The Balaban J connectivity index is 1.51. The zero-order chi connectivity index (χ0) is 17.6. The van der Waals surface area contributed by atoms with Gasteiger partial charge in [0.2, 0.25) is 0 Å². The molecule has 0 spiro atoms. The van der Waals surface area contributed by atoms with E-state index in [9.17, 15) is 0 Å². The van der Waals surface area contributed by atoms with Gasteiger partial charge in [0.25, 0.3) is 0 Å². The molecule has 0 aromatic heterocycles. The molecule has 3 nitrogen and oxygen atoms in total. The molecule has 1 aliphatic heterocycles. The molecule has 1 aliphatic rings. The molecule has 129 valence electrons. The number of rotatable bonds is 6. The number of benzene rings is 3. The van der Waals surface area contributed by atoms with Crippen molar-refractivity contribution in [1.29, 1.82) is 0 Å². The van der Waals surface area contributed by atoms with Crippen LogP contribution in [0.25, 0.3) is 0 Å². The van der Waals surface area contributed by atoms with E-state index in [1.807, 2.05) is 54.6 Å². The number of hydrogen-bond donors (Lipinski definition) is 1. The van der Waals surface area contributed by atoms with Gasteiger partial charge in [-0.25, -0.2) is 0 Å². The number of nitrogens with one attached hydrogen (secondary N) is 1. The lowest BCUT2D eigenvalue weighted by atomic mass is 10.0. The van der Waals surface area contributed by atoms with Crippen LogP contribution in [0.5, 0.6) is 0 Å². The summed E-state index contributed by atoms with van der Waals surface area (Å²) in [5, 5.41) is 3.30. The predicted octanol–water partition coefficient (Wildman–Crippen LogP) is 4.06. The lowest BCUT2D eigenvalue weighted by molar-refractivity contribution is 0.0174. The van der Waals surface area contributed by atoms with Crippen molar-refractivity contribution in [3.8, 4) is 0 Å². The van der Waals surface area contributed by atoms with Gasteiger partial charge in [-0.1, -0.05) is 91.0 Å². The van der Waals surface area contributed by atoms with E-state index in [0.717, 1.165) is 11.1 Å². The number of ether oxygens (including phenoxy) is 1. The van der Waals surface area contributed by atoms with Crippen molar-refractivity contribution < 1.29 is 9.39 Å². The second-order valence-corrected chi connectivity index (χ2v) is 6.38. The van der Waals surface area contributed by atoms with E-state index >= 15 is 0 Å². The minimum atomic E-state index is -0.113. The van der Waals surface area contributed by atoms with Gasteiger partial charge in [0, 0.05) is 0 Å². The van der Waals surface area contributed by atoms with Gasteiger partial charge in [-0.05, 0) is 16.7 Å². The molecule has 1 saturated heterocycles. The zero-order valence-electron chi connectivity index (χ0n) is 14.5. The maximum Gasteiger partial charge on any atom is 0.396 e. The Morgan fingerprint density at radius 1 is 0.808 bits per heavy atom. The van der Waals surface area contributed by atoms with Crippen molar-refractivity contribution in [2.24, 2.45) is 0 Å². The van der Waals surface area contributed by atoms with Gasteiger partial charge < -0.3 is 14.6 Å². The lowest BCUT2D eigenvalue weighted by Gasteiger charge is -2.24. The average molecular weight is 342 g/mol. The number of hydrogen-bond acceptors (Lipinski definition) is 3. The van der Waals surface area contributed by atoms with Crippen molar-refractivity contribution in [3.63, 3.8) is 0 Å². The highest BCUT2D eigenvalue weighted by atomic mass is 16.5. The molecule has 0 saturated carbocycles. The first-order valence-electron chi connectivity index (χ1n) is 8.91. The molecule has 4 heteroatoms. The predicted molar refractivity (Wildman–Crippen MR) is 104 cm³/mol. The van der Waals surface area contributed by atoms with Crippen LogP contribution in [0.4, 0.5) is 0 Å². The molecule has 26 heavy (non-hydrogen) atoms. The second kappa shape index (κ2) is 8.32. The molecule has 1 heterocycles. The van der Waals surface area contributed by atoms with Crippen molar-refractivity contribution in [1.82, 2.24) is 5.23 Å². The molecule has 0 bridgehead atoms. The van der Waals surface area contributed by atoms with Gasteiger partial charge in [-0.3, -0.25) is 0 Å².